The van der Waals surface area contributed by atoms with Crippen LogP contribution in [0.4, 0.5) is 0 Å². The van der Waals surface area contributed by atoms with Gasteiger partial charge < -0.3 is 10.2 Å². The third kappa shape index (κ3) is 9.29. The second-order valence-electron chi connectivity index (χ2n) is 0.964. The molecule has 0 heterocycles. The fraction of sp³-hybridized carbons (Fsp3) is 0.333. The molecule has 0 saturated carbocycles. The molecule has 0 amide bonds. The van der Waals surface area contributed by atoms with Crippen LogP contribution in [0.2, 0.25) is 0 Å². The van der Waals surface area contributed by atoms with Crippen molar-refractivity contribution in [1.82, 2.24) is 0 Å². The Hall–Kier alpha value is -0.138. The van der Waals surface area contributed by atoms with Crippen LogP contribution in [0, 0.1) is 0 Å². The summed E-state index contributed by atoms with van der Waals surface area (Å²) in [4.78, 5) is 18.9. The Bertz CT molecular complexity index is 87.5. The van der Waals surface area contributed by atoms with E-state index >= 15 is 0 Å². The van der Waals surface area contributed by atoms with E-state index < -0.39 is 18.4 Å². The van der Waals surface area contributed by atoms with Crippen molar-refractivity contribution < 1.29 is 47.1 Å². The molecule has 0 radical (unpaired) electrons. The van der Waals surface area contributed by atoms with Gasteiger partial charge in [-0.15, -0.1) is 0 Å². The predicted molar refractivity (Wildman–Crippen MR) is 19.9 cm³/mol. The van der Waals surface area contributed by atoms with E-state index in [0.29, 0.717) is 0 Å². The van der Waals surface area contributed by atoms with Gasteiger partial charge in [0.1, 0.15) is 6.42 Å². The fourth-order valence-electron chi connectivity index (χ4n) is 0.129. The zero-order valence-corrected chi connectivity index (χ0v) is 8.16. The minimum atomic E-state index is -1.31. The van der Waals surface area contributed by atoms with Crippen LogP contribution in [0.25, 0.3) is 0 Å². The molecule has 0 rings (SSSR count). The van der Waals surface area contributed by atoms with Gasteiger partial charge in [0.2, 0.25) is 0 Å². The van der Waals surface area contributed by atoms with E-state index in [1.54, 1.807) is 0 Å². The fourth-order valence-corrected chi connectivity index (χ4v) is 0.129. The quantitative estimate of drug-likeness (QED) is 0.484. The van der Waals surface area contributed by atoms with Crippen molar-refractivity contribution in [3.05, 3.63) is 0 Å². The standard InChI is InChI=1S/C3H4O4.Cd/c4-2(5)1-3(6)7;/h1H2,(H,4,5)(H,6,7);. The summed E-state index contributed by atoms with van der Waals surface area (Å²) in [6.07, 6.45) is -0.806. The van der Waals surface area contributed by atoms with E-state index in [1.165, 1.54) is 0 Å². The molecule has 0 aromatic heterocycles. The number of carbonyl (C=O) groups is 2. The Morgan fingerprint density at radius 1 is 1.12 bits per heavy atom. The van der Waals surface area contributed by atoms with Crippen LogP contribution in [0.3, 0.4) is 0 Å². The molecule has 0 saturated heterocycles. The van der Waals surface area contributed by atoms with Gasteiger partial charge in [0, 0.05) is 27.3 Å². The first-order valence-corrected chi connectivity index (χ1v) is 1.56. The molecule has 8 heavy (non-hydrogen) atoms. The van der Waals surface area contributed by atoms with E-state index in [1.807, 2.05) is 0 Å². The Labute approximate surface area is 65.7 Å². The molecule has 2 N–H and O–H groups in total. The summed E-state index contributed by atoms with van der Waals surface area (Å²) in [6, 6.07) is 0. The molecule has 0 aromatic carbocycles. The number of rotatable bonds is 2. The molecular weight excluding hydrogens is 212 g/mol. The minimum Gasteiger partial charge on any atom is -0.481 e. The summed E-state index contributed by atoms with van der Waals surface area (Å²) in [5.41, 5.74) is 0. The largest absolute Gasteiger partial charge is 0.481 e. The van der Waals surface area contributed by atoms with Crippen molar-refractivity contribution >= 4 is 11.9 Å². The molecule has 4 nitrogen and oxygen atoms in total. The third-order valence-electron chi connectivity index (χ3n) is 0.302. The molecule has 5 heteroatoms. The van der Waals surface area contributed by atoms with Crippen LogP contribution in [0.15, 0.2) is 0 Å². The summed E-state index contributed by atoms with van der Waals surface area (Å²) >= 11 is 0. The molecule has 0 bridgehead atoms. The zero-order valence-electron chi connectivity index (χ0n) is 4.13. The van der Waals surface area contributed by atoms with Gasteiger partial charge in [0.25, 0.3) is 0 Å². The SMILES string of the molecule is O=C(O)CC(=O)O.[Cd]. The number of carboxylic acids is 2. The maximum atomic E-state index is 9.43. The zero-order chi connectivity index (χ0) is 5.86. The van der Waals surface area contributed by atoms with Gasteiger partial charge in [-0.05, 0) is 0 Å². The van der Waals surface area contributed by atoms with Crippen molar-refractivity contribution in [1.29, 1.82) is 0 Å². The van der Waals surface area contributed by atoms with Gasteiger partial charge >= 0.3 is 11.9 Å². The van der Waals surface area contributed by atoms with Crippen LogP contribution >= 0.6 is 0 Å². The first kappa shape index (κ1) is 10.8. The third-order valence-corrected chi connectivity index (χ3v) is 0.302. The molecule has 0 aliphatic heterocycles. The topological polar surface area (TPSA) is 74.6 Å². The molecule has 0 atom stereocenters. The number of aliphatic carboxylic acids is 2. The second kappa shape index (κ2) is 5.01. The van der Waals surface area contributed by atoms with Crippen molar-refractivity contribution in [3.63, 3.8) is 0 Å². The minimum absolute atomic E-state index is 0. The average molecular weight is 216 g/mol. The Balaban J connectivity index is 0. The van der Waals surface area contributed by atoms with Gasteiger partial charge in [0.15, 0.2) is 0 Å². The second-order valence-corrected chi connectivity index (χ2v) is 0.964. The van der Waals surface area contributed by atoms with Crippen LogP contribution in [0.5, 0.6) is 0 Å². The Morgan fingerprint density at radius 3 is 1.38 bits per heavy atom. The van der Waals surface area contributed by atoms with Crippen molar-refractivity contribution in [2.75, 3.05) is 0 Å². The maximum Gasteiger partial charge on any atom is 0.314 e. The smallest absolute Gasteiger partial charge is 0.314 e. The van der Waals surface area contributed by atoms with Crippen molar-refractivity contribution in [3.8, 4) is 0 Å². The van der Waals surface area contributed by atoms with Crippen LogP contribution in [-0.2, 0) is 36.9 Å². The molecule has 0 fully saturated rings. The van der Waals surface area contributed by atoms with Gasteiger partial charge in [-0.2, -0.15) is 0 Å². The van der Waals surface area contributed by atoms with Gasteiger partial charge in [-0.25, -0.2) is 0 Å². The Kier molecular flexibility index (Phi) is 6.74. The van der Waals surface area contributed by atoms with E-state index in [9.17, 15) is 9.59 Å². The summed E-state index contributed by atoms with van der Waals surface area (Å²) in [6.45, 7) is 0. The molecular formula is C3H4CdO4. The maximum absolute atomic E-state index is 9.43. The van der Waals surface area contributed by atoms with Gasteiger partial charge in [-0.1, -0.05) is 0 Å². The van der Waals surface area contributed by atoms with Crippen LogP contribution in [-0.4, -0.2) is 22.2 Å². The molecule has 0 unspecified atom stereocenters. The molecule has 0 aliphatic carbocycles. The van der Waals surface area contributed by atoms with E-state index in [-0.39, 0.29) is 27.3 Å². The first-order chi connectivity index (χ1) is 3.13. The number of hydrogen-bond donors (Lipinski definition) is 2. The number of hydrogen-bond acceptors (Lipinski definition) is 2. The van der Waals surface area contributed by atoms with Crippen molar-refractivity contribution in [2.24, 2.45) is 0 Å². The molecule has 42 valence electrons. The normalized spacial score (nSPS) is 7.00. The van der Waals surface area contributed by atoms with Gasteiger partial charge in [-0.3, -0.25) is 9.59 Å². The first-order valence-electron chi connectivity index (χ1n) is 1.56. The van der Waals surface area contributed by atoms with Crippen molar-refractivity contribution in [2.45, 2.75) is 6.42 Å². The summed E-state index contributed by atoms with van der Waals surface area (Å²) in [7, 11) is 0. The van der Waals surface area contributed by atoms with Crippen LogP contribution in [0.1, 0.15) is 6.42 Å². The molecule has 0 aromatic rings. The summed E-state index contributed by atoms with van der Waals surface area (Å²) in [5, 5.41) is 15.4. The predicted octanol–water partition coefficient (Wildman–Crippen LogP) is -0.457. The monoisotopic (exact) mass is 218 g/mol. The molecule has 0 spiro atoms. The Morgan fingerprint density at radius 2 is 1.38 bits per heavy atom. The van der Waals surface area contributed by atoms with E-state index in [2.05, 4.69) is 0 Å². The summed E-state index contributed by atoms with van der Waals surface area (Å²) < 4.78 is 0. The van der Waals surface area contributed by atoms with Gasteiger partial charge in [0.05, 0.1) is 0 Å². The van der Waals surface area contributed by atoms with E-state index in [0.717, 1.165) is 0 Å². The van der Waals surface area contributed by atoms with E-state index in [4.69, 9.17) is 10.2 Å². The summed E-state index contributed by atoms with van der Waals surface area (Å²) in [5.74, 6) is -2.62. The number of carboxylic acid groups (broad SMARTS) is 2. The average Bonchev–Trinajstić information content (AvgIpc) is 1.27. The van der Waals surface area contributed by atoms with Crippen LogP contribution < -0.4 is 0 Å². The molecule has 0 aliphatic rings.